The van der Waals surface area contributed by atoms with Crippen LogP contribution >= 0.6 is 0 Å². The van der Waals surface area contributed by atoms with Crippen molar-refractivity contribution in [2.45, 2.75) is 25.9 Å². The number of nitrogens with one attached hydrogen (secondary N) is 1. The van der Waals surface area contributed by atoms with Crippen molar-refractivity contribution in [3.8, 4) is 0 Å². The van der Waals surface area contributed by atoms with Gasteiger partial charge >= 0.3 is 6.18 Å². The third-order valence-corrected chi connectivity index (χ3v) is 2.66. The molecular weight excluding hydrogens is 211 g/mol. The van der Waals surface area contributed by atoms with E-state index in [0.717, 1.165) is 0 Å². The monoisotopic (exact) mass is 225 g/mol. The molecule has 1 aliphatic rings. The highest BCUT2D eigenvalue weighted by Gasteiger charge is 2.60. The Labute approximate surface area is 86.0 Å². The van der Waals surface area contributed by atoms with Crippen LogP contribution in [-0.4, -0.2) is 31.8 Å². The van der Waals surface area contributed by atoms with Crippen LogP contribution in [0.25, 0.3) is 0 Å². The zero-order valence-electron chi connectivity index (χ0n) is 8.49. The lowest BCUT2D eigenvalue weighted by Crippen LogP contribution is -2.53. The first kappa shape index (κ1) is 12.3. The van der Waals surface area contributed by atoms with Gasteiger partial charge in [-0.25, -0.2) is 0 Å². The number of ether oxygens (including phenoxy) is 1. The summed E-state index contributed by atoms with van der Waals surface area (Å²) in [6.07, 6.45) is -5.08. The molecule has 88 valence electrons. The predicted octanol–water partition coefficient (Wildman–Crippen LogP) is 1.48. The summed E-state index contributed by atoms with van der Waals surface area (Å²) < 4.78 is 43.4. The van der Waals surface area contributed by atoms with Gasteiger partial charge < -0.3 is 10.1 Å². The molecule has 0 saturated carbocycles. The molecule has 0 radical (unpaired) electrons. The number of alkyl halides is 3. The molecule has 0 spiro atoms. The fraction of sp³-hybridized carbons (Fsp3) is 0.889. The number of carbonyl (C=O) groups is 1. The van der Waals surface area contributed by atoms with Gasteiger partial charge in [0, 0.05) is 19.8 Å². The van der Waals surface area contributed by atoms with Crippen molar-refractivity contribution in [3.63, 3.8) is 0 Å². The van der Waals surface area contributed by atoms with Crippen molar-refractivity contribution in [2.24, 2.45) is 5.41 Å². The van der Waals surface area contributed by atoms with E-state index in [1.54, 1.807) is 6.92 Å². The number of rotatable bonds is 2. The van der Waals surface area contributed by atoms with Gasteiger partial charge in [0.15, 0.2) is 0 Å². The summed E-state index contributed by atoms with van der Waals surface area (Å²) in [5.41, 5.74) is -2.25. The Hall–Kier alpha value is -0.780. The first-order chi connectivity index (χ1) is 6.94. The van der Waals surface area contributed by atoms with Crippen molar-refractivity contribution in [1.82, 2.24) is 5.32 Å². The predicted molar refractivity (Wildman–Crippen MR) is 47.2 cm³/mol. The largest absolute Gasteiger partial charge is 0.403 e. The van der Waals surface area contributed by atoms with Crippen molar-refractivity contribution in [2.75, 3.05) is 19.8 Å². The highest BCUT2D eigenvalue weighted by molar-refractivity contribution is 5.83. The van der Waals surface area contributed by atoms with Crippen molar-refractivity contribution >= 4 is 5.91 Å². The van der Waals surface area contributed by atoms with E-state index in [1.807, 2.05) is 0 Å². The molecule has 0 aliphatic carbocycles. The molecule has 1 N–H and O–H groups in total. The van der Waals surface area contributed by atoms with Crippen LogP contribution in [0.3, 0.4) is 0 Å². The molecule has 1 heterocycles. The second kappa shape index (κ2) is 4.38. The van der Waals surface area contributed by atoms with Gasteiger partial charge in [0.25, 0.3) is 0 Å². The maximum Gasteiger partial charge on any atom is 0.403 e. The topological polar surface area (TPSA) is 38.3 Å². The van der Waals surface area contributed by atoms with Crippen LogP contribution in [0.1, 0.15) is 19.8 Å². The molecule has 0 aromatic rings. The van der Waals surface area contributed by atoms with Crippen LogP contribution < -0.4 is 5.32 Å². The Morgan fingerprint density at radius 2 is 1.93 bits per heavy atom. The Kier molecular flexibility index (Phi) is 3.59. The van der Waals surface area contributed by atoms with Crippen molar-refractivity contribution in [3.05, 3.63) is 0 Å². The highest BCUT2D eigenvalue weighted by atomic mass is 19.4. The highest BCUT2D eigenvalue weighted by Crippen LogP contribution is 2.45. The van der Waals surface area contributed by atoms with Gasteiger partial charge in [-0.1, -0.05) is 0 Å². The van der Waals surface area contributed by atoms with Gasteiger partial charge in [-0.05, 0) is 19.8 Å². The summed E-state index contributed by atoms with van der Waals surface area (Å²) in [4.78, 5) is 11.5. The molecule has 0 aromatic carbocycles. The fourth-order valence-corrected chi connectivity index (χ4v) is 1.69. The summed E-state index contributed by atoms with van der Waals surface area (Å²) >= 11 is 0. The standard InChI is InChI=1S/C9H14F3NO2/c1-2-13-7(14)8(9(10,11)12)3-5-15-6-4-8/h2-6H2,1H3,(H,13,14). The lowest BCUT2D eigenvalue weighted by molar-refractivity contribution is -0.239. The Bertz CT molecular complexity index is 234. The first-order valence-corrected chi connectivity index (χ1v) is 4.87. The molecule has 15 heavy (non-hydrogen) atoms. The normalized spacial score (nSPS) is 21.1. The van der Waals surface area contributed by atoms with E-state index in [4.69, 9.17) is 4.74 Å². The van der Waals surface area contributed by atoms with E-state index in [-0.39, 0.29) is 32.6 Å². The molecular formula is C9H14F3NO2. The summed E-state index contributed by atoms with van der Waals surface area (Å²) in [6, 6.07) is 0. The molecule has 6 heteroatoms. The number of carbonyl (C=O) groups excluding carboxylic acids is 1. The number of halogens is 3. The van der Waals surface area contributed by atoms with E-state index >= 15 is 0 Å². The van der Waals surface area contributed by atoms with Crippen LogP contribution in [0.4, 0.5) is 13.2 Å². The van der Waals surface area contributed by atoms with Gasteiger partial charge in [-0.2, -0.15) is 13.2 Å². The SMILES string of the molecule is CCNC(=O)C1(C(F)(F)F)CCOCC1. The maximum absolute atomic E-state index is 12.9. The maximum atomic E-state index is 12.9. The molecule has 0 aromatic heterocycles. The molecule has 0 unspecified atom stereocenters. The zero-order valence-corrected chi connectivity index (χ0v) is 8.49. The van der Waals surface area contributed by atoms with Gasteiger partial charge in [0.05, 0.1) is 0 Å². The molecule has 3 nitrogen and oxygen atoms in total. The van der Waals surface area contributed by atoms with E-state index < -0.39 is 17.5 Å². The molecule has 0 bridgehead atoms. The van der Waals surface area contributed by atoms with E-state index in [2.05, 4.69) is 5.32 Å². The fourth-order valence-electron chi connectivity index (χ4n) is 1.69. The zero-order chi connectivity index (χ0) is 11.5. The van der Waals surface area contributed by atoms with E-state index in [9.17, 15) is 18.0 Å². The second-order valence-corrected chi connectivity index (χ2v) is 3.55. The quantitative estimate of drug-likeness (QED) is 0.773. The van der Waals surface area contributed by atoms with Crippen LogP contribution in [0.2, 0.25) is 0 Å². The minimum absolute atomic E-state index is 0.0172. The minimum atomic E-state index is -4.50. The summed E-state index contributed by atoms with van der Waals surface area (Å²) in [6.45, 7) is 1.77. The minimum Gasteiger partial charge on any atom is -0.381 e. The second-order valence-electron chi connectivity index (χ2n) is 3.55. The summed E-state index contributed by atoms with van der Waals surface area (Å²) in [5.74, 6) is -0.930. The third kappa shape index (κ3) is 2.25. The van der Waals surface area contributed by atoms with Gasteiger partial charge in [-0.3, -0.25) is 4.79 Å². The van der Waals surface area contributed by atoms with Crippen molar-refractivity contribution in [1.29, 1.82) is 0 Å². The lowest BCUT2D eigenvalue weighted by Gasteiger charge is -2.36. The number of hydrogen-bond acceptors (Lipinski definition) is 2. The smallest absolute Gasteiger partial charge is 0.381 e. The molecule has 1 amide bonds. The summed E-state index contributed by atoms with van der Waals surface area (Å²) in [7, 11) is 0. The van der Waals surface area contributed by atoms with Crippen molar-refractivity contribution < 1.29 is 22.7 Å². The van der Waals surface area contributed by atoms with Gasteiger partial charge in [0.2, 0.25) is 5.91 Å². The van der Waals surface area contributed by atoms with E-state index in [0.29, 0.717) is 0 Å². The Morgan fingerprint density at radius 1 is 1.40 bits per heavy atom. The van der Waals surface area contributed by atoms with Crippen LogP contribution in [-0.2, 0) is 9.53 Å². The molecule has 1 aliphatic heterocycles. The number of amides is 1. The Morgan fingerprint density at radius 3 is 2.33 bits per heavy atom. The molecule has 1 saturated heterocycles. The van der Waals surface area contributed by atoms with Crippen LogP contribution in [0, 0.1) is 5.41 Å². The van der Waals surface area contributed by atoms with Crippen LogP contribution in [0.5, 0.6) is 0 Å². The van der Waals surface area contributed by atoms with Gasteiger partial charge in [-0.15, -0.1) is 0 Å². The summed E-state index contributed by atoms with van der Waals surface area (Å²) in [5, 5.41) is 2.25. The molecule has 1 rings (SSSR count). The number of hydrogen-bond donors (Lipinski definition) is 1. The third-order valence-electron chi connectivity index (χ3n) is 2.66. The Balaban J connectivity index is 2.90. The average Bonchev–Trinajstić information content (AvgIpc) is 2.17. The first-order valence-electron chi connectivity index (χ1n) is 4.87. The van der Waals surface area contributed by atoms with Gasteiger partial charge in [0.1, 0.15) is 5.41 Å². The average molecular weight is 225 g/mol. The lowest BCUT2D eigenvalue weighted by atomic mass is 9.78. The van der Waals surface area contributed by atoms with E-state index in [1.165, 1.54) is 0 Å². The molecule has 0 atom stereocenters. The van der Waals surface area contributed by atoms with Crippen LogP contribution in [0.15, 0.2) is 0 Å². The molecule has 1 fully saturated rings.